The van der Waals surface area contributed by atoms with Gasteiger partial charge >= 0.3 is 0 Å². The summed E-state index contributed by atoms with van der Waals surface area (Å²) in [5.41, 5.74) is 5.81. The fourth-order valence-electron chi connectivity index (χ4n) is 2.44. The number of fused-ring (bicyclic) bond motifs is 2. The van der Waals surface area contributed by atoms with Crippen molar-refractivity contribution < 1.29 is 4.79 Å². The number of benzene rings is 2. The number of H-pyrrole nitrogens is 1. The van der Waals surface area contributed by atoms with Crippen LogP contribution >= 0.6 is 11.6 Å². The molecule has 4 rings (SSSR count). The number of hydrogen-bond acceptors (Lipinski definition) is 2. The van der Waals surface area contributed by atoms with E-state index >= 15 is 0 Å². The summed E-state index contributed by atoms with van der Waals surface area (Å²) in [4.78, 5) is 19.7. The van der Waals surface area contributed by atoms with Crippen LogP contribution in [0.15, 0.2) is 54.9 Å². The SMILES string of the molecule is O=C(Nn1cnc2ccccc21)c1cc2cc(Cl)ccc2[nH]1. The van der Waals surface area contributed by atoms with E-state index in [1.807, 2.05) is 36.4 Å². The molecule has 6 heteroatoms. The molecular formula is C16H11ClN4O. The number of carbonyl (C=O) groups is 1. The van der Waals surface area contributed by atoms with Crippen molar-refractivity contribution in [1.29, 1.82) is 0 Å². The molecule has 2 aromatic carbocycles. The lowest BCUT2D eigenvalue weighted by atomic mass is 10.2. The zero-order chi connectivity index (χ0) is 15.1. The van der Waals surface area contributed by atoms with Gasteiger partial charge in [0.25, 0.3) is 5.91 Å². The largest absolute Gasteiger partial charge is 0.350 e. The summed E-state index contributed by atoms with van der Waals surface area (Å²) in [6.07, 6.45) is 1.59. The summed E-state index contributed by atoms with van der Waals surface area (Å²) >= 11 is 5.96. The highest BCUT2D eigenvalue weighted by molar-refractivity contribution is 6.31. The number of imidazole rings is 1. The molecule has 0 spiro atoms. The van der Waals surface area contributed by atoms with E-state index in [-0.39, 0.29) is 5.91 Å². The first-order valence-corrected chi connectivity index (χ1v) is 7.10. The first-order valence-electron chi connectivity index (χ1n) is 6.72. The molecule has 2 heterocycles. The molecule has 0 unspecified atom stereocenters. The van der Waals surface area contributed by atoms with Crippen LogP contribution in [0.25, 0.3) is 21.9 Å². The van der Waals surface area contributed by atoms with Crippen LogP contribution in [-0.2, 0) is 0 Å². The summed E-state index contributed by atoms with van der Waals surface area (Å²) in [7, 11) is 0. The normalized spacial score (nSPS) is 11.1. The number of amides is 1. The Hall–Kier alpha value is -2.79. The zero-order valence-electron chi connectivity index (χ0n) is 11.4. The average molecular weight is 311 g/mol. The third kappa shape index (κ3) is 2.12. The molecule has 1 amide bonds. The van der Waals surface area contributed by atoms with Gasteiger partial charge in [0.05, 0.1) is 11.0 Å². The third-order valence-corrected chi connectivity index (χ3v) is 3.74. The van der Waals surface area contributed by atoms with Crippen molar-refractivity contribution in [2.45, 2.75) is 0 Å². The molecule has 0 saturated carbocycles. The number of rotatable bonds is 2. The molecule has 4 aromatic rings. The fourth-order valence-corrected chi connectivity index (χ4v) is 2.62. The highest BCUT2D eigenvalue weighted by Gasteiger charge is 2.11. The lowest BCUT2D eigenvalue weighted by Crippen LogP contribution is -2.22. The van der Waals surface area contributed by atoms with E-state index in [0.717, 1.165) is 21.9 Å². The summed E-state index contributed by atoms with van der Waals surface area (Å²) < 4.78 is 1.61. The first-order chi connectivity index (χ1) is 10.7. The van der Waals surface area contributed by atoms with Gasteiger partial charge in [0.1, 0.15) is 12.0 Å². The van der Waals surface area contributed by atoms with E-state index in [0.29, 0.717) is 10.7 Å². The van der Waals surface area contributed by atoms with E-state index in [1.165, 1.54) is 0 Å². The maximum Gasteiger partial charge on any atom is 0.286 e. The highest BCUT2D eigenvalue weighted by Crippen LogP contribution is 2.20. The zero-order valence-corrected chi connectivity index (χ0v) is 12.1. The van der Waals surface area contributed by atoms with Crippen molar-refractivity contribution in [3.05, 3.63) is 65.6 Å². The minimum atomic E-state index is -0.240. The van der Waals surface area contributed by atoms with Gasteiger partial charge in [0.2, 0.25) is 0 Å². The smallest absolute Gasteiger partial charge is 0.286 e. The fraction of sp³-hybridized carbons (Fsp3) is 0. The third-order valence-electron chi connectivity index (χ3n) is 3.50. The van der Waals surface area contributed by atoms with Crippen molar-refractivity contribution in [2.24, 2.45) is 0 Å². The van der Waals surface area contributed by atoms with Gasteiger partial charge in [-0.05, 0) is 36.4 Å². The standard InChI is InChI=1S/C16H11ClN4O/c17-11-5-6-12-10(7-11)8-14(19-12)16(22)20-21-9-18-13-3-1-2-4-15(13)21/h1-9,19H,(H,20,22). The quantitative estimate of drug-likeness (QED) is 0.594. The molecular weight excluding hydrogens is 300 g/mol. The lowest BCUT2D eigenvalue weighted by molar-refractivity contribution is 0.100. The van der Waals surface area contributed by atoms with E-state index in [9.17, 15) is 4.79 Å². The second kappa shape index (κ2) is 4.89. The summed E-state index contributed by atoms with van der Waals surface area (Å²) in [6, 6.07) is 14.8. The molecule has 0 bridgehead atoms. The second-order valence-corrected chi connectivity index (χ2v) is 5.40. The van der Waals surface area contributed by atoms with Crippen molar-refractivity contribution in [3.8, 4) is 0 Å². The van der Waals surface area contributed by atoms with Gasteiger partial charge < -0.3 is 4.98 Å². The monoisotopic (exact) mass is 310 g/mol. The maximum atomic E-state index is 12.4. The molecule has 2 aromatic heterocycles. The Kier molecular flexibility index (Phi) is 2.87. The van der Waals surface area contributed by atoms with Crippen LogP contribution in [0.3, 0.4) is 0 Å². The van der Waals surface area contributed by atoms with Gasteiger partial charge in [-0.15, -0.1) is 0 Å². The van der Waals surface area contributed by atoms with Gasteiger partial charge in [0, 0.05) is 15.9 Å². The number of nitrogens with zero attached hydrogens (tertiary/aromatic N) is 2. The first kappa shape index (κ1) is 12.9. The Labute approximate surface area is 130 Å². The summed E-state index contributed by atoms with van der Waals surface area (Å²) in [6.45, 7) is 0. The van der Waals surface area contributed by atoms with Crippen LogP contribution in [0.4, 0.5) is 0 Å². The van der Waals surface area contributed by atoms with Crippen LogP contribution in [0.2, 0.25) is 5.02 Å². The summed E-state index contributed by atoms with van der Waals surface area (Å²) in [5, 5.41) is 1.53. The predicted molar refractivity (Wildman–Crippen MR) is 86.7 cm³/mol. The molecule has 0 saturated heterocycles. The van der Waals surface area contributed by atoms with Crippen LogP contribution in [0.5, 0.6) is 0 Å². The highest BCUT2D eigenvalue weighted by atomic mass is 35.5. The number of nitrogens with one attached hydrogen (secondary N) is 2. The van der Waals surface area contributed by atoms with Crippen LogP contribution in [0.1, 0.15) is 10.5 Å². The van der Waals surface area contributed by atoms with Gasteiger partial charge in [-0.2, -0.15) is 0 Å². The average Bonchev–Trinajstić information content (AvgIpc) is 3.11. The van der Waals surface area contributed by atoms with Crippen molar-refractivity contribution in [2.75, 3.05) is 5.43 Å². The van der Waals surface area contributed by atoms with E-state index < -0.39 is 0 Å². The molecule has 0 radical (unpaired) electrons. The topological polar surface area (TPSA) is 62.7 Å². The Morgan fingerprint density at radius 3 is 2.95 bits per heavy atom. The van der Waals surface area contributed by atoms with Crippen LogP contribution < -0.4 is 5.43 Å². The number of para-hydroxylation sites is 2. The van der Waals surface area contributed by atoms with Gasteiger partial charge in [-0.25, -0.2) is 9.66 Å². The van der Waals surface area contributed by atoms with Gasteiger partial charge in [-0.3, -0.25) is 10.2 Å². The Morgan fingerprint density at radius 1 is 1.18 bits per heavy atom. The number of hydrogen-bond donors (Lipinski definition) is 2. The second-order valence-electron chi connectivity index (χ2n) is 4.96. The number of carbonyl (C=O) groups excluding carboxylic acids is 1. The van der Waals surface area contributed by atoms with Crippen LogP contribution in [-0.4, -0.2) is 20.6 Å². The Balaban J connectivity index is 1.68. The van der Waals surface area contributed by atoms with E-state index in [2.05, 4.69) is 15.4 Å². The number of aromatic nitrogens is 3. The van der Waals surface area contributed by atoms with Crippen molar-refractivity contribution >= 4 is 39.4 Å². The Bertz CT molecular complexity index is 1000. The van der Waals surface area contributed by atoms with Crippen LogP contribution in [0, 0.1) is 0 Å². The van der Waals surface area contributed by atoms with Gasteiger partial charge in [0.15, 0.2) is 0 Å². The molecule has 0 aliphatic heterocycles. The molecule has 5 nitrogen and oxygen atoms in total. The molecule has 0 fully saturated rings. The van der Waals surface area contributed by atoms with E-state index in [1.54, 1.807) is 23.1 Å². The molecule has 0 aliphatic rings. The van der Waals surface area contributed by atoms with E-state index in [4.69, 9.17) is 11.6 Å². The minimum Gasteiger partial charge on any atom is -0.350 e. The van der Waals surface area contributed by atoms with Crippen molar-refractivity contribution in [3.63, 3.8) is 0 Å². The number of halogens is 1. The minimum absolute atomic E-state index is 0.240. The molecule has 2 N–H and O–H groups in total. The molecule has 0 atom stereocenters. The molecule has 22 heavy (non-hydrogen) atoms. The molecule has 108 valence electrons. The Morgan fingerprint density at radius 2 is 2.05 bits per heavy atom. The lowest BCUT2D eigenvalue weighted by Gasteiger charge is -2.05. The van der Waals surface area contributed by atoms with Crippen molar-refractivity contribution in [1.82, 2.24) is 14.6 Å². The summed E-state index contributed by atoms with van der Waals surface area (Å²) in [5.74, 6) is -0.240. The molecule has 0 aliphatic carbocycles. The maximum absolute atomic E-state index is 12.4. The predicted octanol–water partition coefficient (Wildman–Crippen LogP) is 3.55. The van der Waals surface area contributed by atoms with Gasteiger partial charge in [-0.1, -0.05) is 23.7 Å². The number of aromatic amines is 1.